The summed E-state index contributed by atoms with van der Waals surface area (Å²) in [4.78, 5) is 18.6. The molecule has 0 aliphatic heterocycles. The van der Waals surface area contributed by atoms with Crippen LogP contribution < -0.4 is 0 Å². The van der Waals surface area contributed by atoms with E-state index in [0.717, 1.165) is 0 Å². The van der Waals surface area contributed by atoms with Crippen molar-refractivity contribution in [3.8, 4) is 0 Å². The molecule has 0 aliphatic carbocycles. The zero-order valence-corrected chi connectivity index (χ0v) is 13.8. The van der Waals surface area contributed by atoms with Crippen LogP contribution in [0.15, 0.2) is 0 Å². The van der Waals surface area contributed by atoms with E-state index in [9.17, 15) is 14.4 Å². The molecule has 0 fully saturated rings. The first kappa shape index (κ1) is 5.07. The average molecular weight is 378 g/mol. The van der Waals surface area contributed by atoms with E-state index in [0.29, 0.717) is 0 Å². The van der Waals surface area contributed by atoms with Gasteiger partial charge in [0.25, 0.3) is 0 Å². The molecule has 1 unspecified atom stereocenters. The number of likely N-dealkylation sites (N-methyl/N-ethyl adjacent to an activating group) is 1. The van der Waals surface area contributed by atoms with Crippen molar-refractivity contribution >= 4 is 7.82 Å². The summed E-state index contributed by atoms with van der Waals surface area (Å²) < 4.78 is 216. The minimum Gasteiger partial charge on any atom is -0.329 e. The summed E-state index contributed by atoms with van der Waals surface area (Å²) in [7, 11) is -1.82. The van der Waals surface area contributed by atoms with Crippen LogP contribution in [0.5, 0.6) is 0 Å². The maximum atomic E-state index is 11.6. The first-order chi connectivity index (χ1) is 20.1. The third-order valence-corrected chi connectivity index (χ3v) is 2.30. The lowest BCUT2D eigenvalue weighted by atomic mass is 10.0. The Hall–Kier alpha value is 0.0700. The first-order valence-corrected chi connectivity index (χ1v) is 7.64. The third-order valence-electron chi connectivity index (χ3n) is 1.77. The zero-order chi connectivity index (χ0) is 40.0. The Labute approximate surface area is 178 Å². The van der Waals surface area contributed by atoms with E-state index in [4.69, 9.17) is 34.3 Å². The third kappa shape index (κ3) is 18.3. The van der Waals surface area contributed by atoms with Gasteiger partial charge >= 0.3 is 7.82 Å². The Morgan fingerprint density at radius 2 is 1.48 bits per heavy atom. The number of phosphoric ester groups is 1. The van der Waals surface area contributed by atoms with Crippen molar-refractivity contribution in [2.45, 2.75) is 83.1 Å². The maximum Gasteiger partial charge on any atom is 0.470 e. The predicted octanol–water partition coefficient (Wildman–Crippen LogP) is 4.48. The Morgan fingerprint density at radius 1 is 1.00 bits per heavy atom. The van der Waals surface area contributed by atoms with Gasteiger partial charge in [0.2, 0.25) is 0 Å². The topological polar surface area (TPSA) is 66.8 Å². The van der Waals surface area contributed by atoms with Crippen LogP contribution in [0.25, 0.3) is 0 Å². The summed E-state index contributed by atoms with van der Waals surface area (Å²) in [6, 6.07) is 0. The second kappa shape index (κ2) is 12.4. The molecule has 2 N–H and O–H groups in total. The Bertz CT molecular complexity index is 1220. The van der Waals surface area contributed by atoms with Crippen LogP contribution in [0, 0.1) is 0 Å². The van der Waals surface area contributed by atoms with Gasteiger partial charge in [0.05, 0.1) is 21.1 Å². The highest BCUT2D eigenvalue weighted by molar-refractivity contribution is 7.46. The molecule has 0 aromatic carbocycles. The fourth-order valence-electron chi connectivity index (χ4n) is 1.14. The average Bonchev–Trinajstić information content (AvgIpc) is 2.79. The quantitative estimate of drug-likeness (QED) is 0.326. The molecule has 23 heavy (non-hydrogen) atoms. The summed E-state index contributed by atoms with van der Waals surface area (Å²) in [5.41, 5.74) is 0. The highest BCUT2D eigenvalue weighted by atomic mass is 31.2. The monoisotopic (exact) mass is 377 g/mol. The van der Waals surface area contributed by atoms with Crippen molar-refractivity contribution in [2.75, 3.05) is 27.7 Å². The standard InChI is InChI=1S/C17H38NO4P/c1-5-6-7-8-9-10-11-12-13-14-15-17(16-18(2,3)4)22-23(19,20)21/h17H,5-16H2,1-4H3,(H-,19,20,21)/p+1/i1D3,5D2,6D2,7D2,8D2,9D2,10D2,11D2,12D2,13D2,14D2,15D2. The van der Waals surface area contributed by atoms with Crippen LogP contribution >= 0.6 is 7.82 Å². The van der Waals surface area contributed by atoms with Gasteiger partial charge in [-0.3, -0.25) is 4.52 Å². The number of quaternary nitrogens is 1. The maximum absolute atomic E-state index is 11.6. The van der Waals surface area contributed by atoms with Crippen LogP contribution in [-0.2, 0) is 9.09 Å². The number of hydrogen-bond donors (Lipinski definition) is 2. The van der Waals surface area contributed by atoms with Gasteiger partial charge in [-0.25, -0.2) is 4.57 Å². The largest absolute Gasteiger partial charge is 0.470 e. The lowest BCUT2D eigenvalue weighted by molar-refractivity contribution is -0.873. The molecule has 0 spiro atoms. The molecular formula is C17H39NO4P+. The van der Waals surface area contributed by atoms with Gasteiger partial charge in [0.15, 0.2) is 0 Å². The molecule has 1 atom stereocenters. The molecule has 5 nitrogen and oxygen atoms in total. The zero-order valence-electron chi connectivity index (χ0n) is 37.9. The fraction of sp³-hybridized carbons (Fsp3) is 1.00. The molecule has 0 heterocycles. The van der Waals surface area contributed by atoms with Gasteiger partial charge in [-0.05, 0) is 6.37 Å². The molecule has 140 valence electrons. The number of rotatable bonds is 15. The fourth-order valence-corrected chi connectivity index (χ4v) is 1.59. The van der Waals surface area contributed by atoms with E-state index in [2.05, 4.69) is 4.52 Å². The van der Waals surface area contributed by atoms with Gasteiger partial charge in [-0.2, -0.15) is 0 Å². The second-order valence-electron chi connectivity index (χ2n) is 4.95. The van der Waals surface area contributed by atoms with E-state index in [1.807, 2.05) is 0 Å². The van der Waals surface area contributed by atoms with Crippen molar-refractivity contribution in [1.82, 2.24) is 0 Å². The Kier molecular flexibility index (Phi) is 2.74. The summed E-state index contributed by atoms with van der Waals surface area (Å²) in [5.74, 6) is 0. The van der Waals surface area contributed by atoms with Gasteiger partial charge in [-0.1, -0.05) is 70.6 Å². The molecule has 0 aromatic heterocycles. The molecule has 0 aliphatic rings. The van der Waals surface area contributed by atoms with Gasteiger partial charge in [-0.15, -0.1) is 0 Å². The Morgan fingerprint density at radius 3 is 1.91 bits per heavy atom. The van der Waals surface area contributed by atoms with Gasteiger partial charge in [0.1, 0.15) is 12.6 Å². The molecule has 0 aromatic rings. The van der Waals surface area contributed by atoms with Gasteiger partial charge in [0, 0.05) is 34.3 Å². The molecule has 0 rings (SSSR count). The highest BCUT2D eigenvalue weighted by Gasteiger charge is 2.26. The van der Waals surface area contributed by atoms with E-state index < -0.39 is 102 Å². The van der Waals surface area contributed by atoms with Crippen molar-refractivity contribution in [2.24, 2.45) is 0 Å². The minimum absolute atomic E-state index is 0.440. The van der Waals surface area contributed by atoms with Crippen molar-refractivity contribution in [1.29, 1.82) is 0 Å². The first-order valence-electron chi connectivity index (χ1n) is 18.6. The van der Waals surface area contributed by atoms with Crippen LogP contribution in [0.4, 0.5) is 0 Å². The summed E-state index contributed by atoms with van der Waals surface area (Å²) >= 11 is 0. The molecule has 0 saturated carbocycles. The van der Waals surface area contributed by atoms with Gasteiger partial charge < -0.3 is 14.3 Å². The van der Waals surface area contributed by atoms with E-state index >= 15 is 0 Å². The van der Waals surface area contributed by atoms with E-state index in [1.165, 1.54) is 21.1 Å². The van der Waals surface area contributed by atoms with Crippen molar-refractivity contribution in [3.63, 3.8) is 0 Å². The molecule has 0 radical (unpaired) electrons. The lowest BCUT2D eigenvalue weighted by Gasteiger charge is -2.29. The number of phosphoric acid groups is 1. The molecule has 6 heteroatoms. The molecular weight excluding hydrogens is 313 g/mol. The highest BCUT2D eigenvalue weighted by Crippen LogP contribution is 2.39. The van der Waals surface area contributed by atoms with Crippen LogP contribution in [0.1, 0.15) is 111 Å². The Balaban J connectivity index is 7.55. The summed E-state index contributed by atoms with van der Waals surface area (Å²) in [5, 5.41) is 0. The summed E-state index contributed by atoms with van der Waals surface area (Å²) in [6.07, 6.45) is -54.0. The normalized spacial score (nSPS) is 37.7. The number of hydrogen-bond acceptors (Lipinski definition) is 2. The molecule has 0 amide bonds. The molecule has 0 saturated heterocycles. The van der Waals surface area contributed by atoms with E-state index in [1.54, 1.807) is 0 Å². The predicted molar refractivity (Wildman–Crippen MR) is 96.3 cm³/mol. The van der Waals surface area contributed by atoms with E-state index in [-0.39, 0.29) is 0 Å². The van der Waals surface area contributed by atoms with Crippen molar-refractivity contribution in [3.05, 3.63) is 0 Å². The smallest absolute Gasteiger partial charge is 0.329 e. The summed E-state index contributed by atoms with van der Waals surface area (Å²) in [6.45, 7) is -4.90. The second-order valence-corrected chi connectivity index (χ2v) is 6.14. The van der Waals surface area contributed by atoms with Crippen LogP contribution in [-0.4, -0.2) is 48.1 Å². The van der Waals surface area contributed by atoms with Crippen LogP contribution in [0.2, 0.25) is 0 Å². The van der Waals surface area contributed by atoms with Crippen LogP contribution in [0.3, 0.4) is 0 Å². The van der Waals surface area contributed by atoms with Crippen molar-refractivity contribution < 1.29 is 57.6 Å². The number of nitrogens with zero attached hydrogens (tertiary/aromatic N) is 1. The molecule has 0 bridgehead atoms. The SMILES string of the molecule is [2H]C([2H])([2H])C([2H])([2H])C([2H])([2H])C([2H])([2H])C([2H])([2H])C([2H])([2H])C([2H])([2H])C([2H])([2H])C([2H])([2H])C([2H])([2H])C([2H])([2H])C([2H])([2H])C(C[N+](C)(C)C)OP(=O)(O)O. The lowest BCUT2D eigenvalue weighted by Crippen LogP contribution is -2.42. The minimum atomic E-state index is -5.71.